The third-order valence-electron chi connectivity index (χ3n) is 4.50. The van der Waals surface area contributed by atoms with Crippen LogP contribution >= 0.6 is 22.9 Å². The van der Waals surface area contributed by atoms with E-state index in [9.17, 15) is 14.9 Å². The molecule has 1 atom stereocenters. The summed E-state index contributed by atoms with van der Waals surface area (Å²) in [6, 6.07) is 11.8. The van der Waals surface area contributed by atoms with E-state index in [4.69, 9.17) is 11.6 Å². The van der Waals surface area contributed by atoms with E-state index < -0.39 is 4.92 Å². The molecule has 0 bridgehead atoms. The number of aromatic nitrogens is 1. The molecule has 0 radical (unpaired) electrons. The summed E-state index contributed by atoms with van der Waals surface area (Å²) in [6.07, 6.45) is 1.64. The highest BCUT2D eigenvalue weighted by atomic mass is 35.5. The Balaban J connectivity index is 1.70. The minimum atomic E-state index is -0.568. The maximum atomic E-state index is 13.0. The van der Waals surface area contributed by atoms with Crippen LogP contribution in [0.1, 0.15) is 34.2 Å². The van der Waals surface area contributed by atoms with E-state index in [1.54, 1.807) is 16.2 Å². The Morgan fingerprint density at radius 2 is 2.12 bits per heavy atom. The number of nitro benzene ring substituents is 1. The first-order valence-corrected chi connectivity index (χ1v) is 9.34. The fourth-order valence-electron chi connectivity index (χ4n) is 3.29. The lowest BCUT2D eigenvalue weighted by molar-refractivity contribution is -0.385. The van der Waals surface area contributed by atoms with Gasteiger partial charge in [-0.2, -0.15) is 0 Å². The number of fused-ring (bicyclic) bond motifs is 1. The van der Waals surface area contributed by atoms with Gasteiger partial charge < -0.3 is 4.90 Å². The van der Waals surface area contributed by atoms with Crippen LogP contribution in [-0.2, 0) is 0 Å². The van der Waals surface area contributed by atoms with Crippen LogP contribution in [0.2, 0.25) is 5.02 Å². The van der Waals surface area contributed by atoms with Crippen LogP contribution in [-0.4, -0.2) is 27.3 Å². The molecule has 8 heteroatoms. The number of halogens is 1. The average Bonchev–Trinajstić information content (AvgIpc) is 3.27. The first kappa shape index (κ1) is 16.9. The van der Waals surface area contributed by atoms with Crippen molar-refractivity contribution in [2.75, 3.05) is 6.54 Å². The zero-order valence-electron chi connectivity index (χ0n) is 13.6. The molecule has 4 rings (SSSR count). The second kappa shape index (κ2) is 6.66. The van der Waals surface area contributed by atoms with Gasteiger partial charge in [0.1, 0.15) is 10.6 Å². The molecule has 0 N–H and O–H groups in total. The minimum Gasteiger partial charge on any atom is -0.329 e. The summed E-state index contributed by atoms with van der Waals surface area (Å²) in [7, 11) is 0. The molecule has 26 heavy (non-hydrogen) atoms. The third-order valence-corrected chi connectivity index (χ3v) is 5.87. The SMILES string of the molecule is O=C(c1ccc(Cl)cc1[N+](=O)[O-])N1CCC[C@@H]1c1nc2ccccc2s1. The molecule has 0 unspecified atom stereocenters. The number of carbonyl (C=O) groups is 1. The summed E-state index contributed by atoms with van der Waals surface area (Å²) < 4.78 is 1.07. The number of carbonyl (C=O) groups excluding carboxylic acids is 1. The van der Waals surface area contributed by atoms with Gasteiger partial charge >= 0.3 is 0 Å². The van der Waals surface area contributed by atoms with Gasteiger partial charge in [0.2, 0.25) is 0 Å². The van der Waals surface area contributed by atoms with E-state index in [1.165, 1.54) is 18.2 Å². The van der Waals surface area contributed by atoms with Gasteiger partial charge in [0.15, 0.2) is 0 Å². The molecule has 2 aromatic carbocycles. The van der Waals surface area contributed by atoms with Crippen molar-refractivity contribution in [3.05, 3.63) is 68.2 Å². The van der Waals surface area contributed by atoms with Gasteiger partial charge in [0.25, 0.3) is 11.6 Å². The molecule has 1 aromatic heterocycles. The Labute approximate surface area is 158 Å². The molecule has 1 amide bonds. The fourth-order valence-corrected chi connectivity index (χ4v) is 4.57. The molecule has 0 spiro atoms. The van der Waals surface area contributed by atoms with Gasteiger partial charge in [-0.3, -0.25) is 14.9 Å². The molecule has 0 aliphatic carbocycles. The minimum absolute atomic E-state index is 0.0624. The van der Waals surface area contributed by atoms with Crippen molar-refractivity contribution in [2.45, 2.75) is 18.9 Å². The van der Waals surface area contributed by atoms with Gasteiger partial charge in [-0.25, -0.2) is 4.98 Å². The number of thiazole rings is 1. The predicted molar refractivity (Wildman–Crippen MR) is 101 cm³/mol. The number of nitro groups is 1. The van der Waals surface area contributed by atoms with E-state index in [0.29, 0.717) is 6.54 Å². The standard InChI is InChI=1S/C18H14ClN3O3S/c19-11-7-8-12(15(10-11)22(24)25)18(23)21-9-3-5-14(21)17-20-13-4-1-2-6-16(13)26-17/h1-2,4,6-8,10,14H,3,5,9H2/t14-/m1/s1. The van der Waals surface area contributed by atoms with E-state index in [2.05, 4.69) is 4.98 Å². The summed E-state index contributed by atoms with van der Waals surface area (Å²) in [6.45, 7) is 0.555. The Morgan fingerprint density at radius 3 is 2.88 bits per heavy atom. The molecular formula is C18H14ClN3O3S. The van der Waals surface area contributed by atoms with Crippen LogP contribution in [0.15, 0.2) is 42.5 Å². The van der Waals surface area contributed by atoms with Gasteiger partial charge in [-0.15, -0.1) is 11.3 Å². The van der Waals surface area contributed by atoms with Gasteiger partial charge in [0, 0.05) is 17.6 Å². The Bertz CT molecular complexity index is 987. The predicted octanol–water partition coefficient (Wildman–Crippen LogP) is 4.84. The number of hydrogen-bond donors (Lipinski definition) is 0. The number of hydrogen-bond acceptors (Lipinski definition) is 5. The molecule has 1 aliphatic rings. The lowest BCUT2D eigenvalue weighted by atomic mass is 10.1. The van der Waals surface area contributed by atoms with Crippen molar-refractivity contribution < 1.29 is 9.72 Å². The first-order chi connectivity index (χ1) is 12.5. The van der Waals surface area contributed by atoms with Crippen LogP contribution in [0, 0.1) is 10.1 Å². The first-order valence-electron chi connectivity index (χ1n) is 8.15. The van der Waals surface area contributed by atoms with Crippen LogP contribution in [0.25, 0.3) is 10.2 Å². The van der Waals surface area contributed by atoms with Crippen LogP contribution in [0.3, 0.4) is 0 Å². The van der Waals surface area contributed by atoms with Gasteiger partial charge in [0.05, 0.1) is 21.2 Å². The molecule has 2 heterocycles. The summed E-state index contributed by atoms with van der Waals surface area (Å²) >= 11 is 7.42. The molecule has 1 aliphatic heterocycles. The molecule has 0 saturated carbocycles. The highest BCUT2D eigenvalue weighted by Crippen LogP contribution is 2.38. The normalized spacial score (nSPS) is 17.0. The largest absolute Gasteiger partial charge is 0.329 e. The Hall–Kier alpha value is -2.51. The molecule has 3 aromatic rings. The van der Waals surface area contributed by atoms with Crippen LogP contribution < -0.4 is 0 Å². The molecular weight excluding hydrogens is 374 g/mol. The van der Waals surface area contributed by atoms with Gasteiger partial charge in [-0.05, 0) is 37.1 Å². The van der Waals surface area contributed by atoms with Crippen molar-refractivity contribution >= 4 is 44.7 Å². The van der Waals surface area contributed by atoms with E-state index in [-0.39, 0.29) is 28.2 Å². The molecule has 1 fully saturated rings. The number of benzene rings is 2. The zero-order chi connectivity index (χ0) is 18.3. The lowest BCUT2D eigenvalue weighted by Gasteiger charge is -2.23. The van der Waals surface area contributed by atoms with E-state index in [1.807, 2.05) is 24.3 Å². The maximum absolute atomic E-state index is 13.0. The monoisotopic (exact) mass is 387 g/mol. The number of likely N-dealkylation sites (tertiary alicyclic amines) is 1. The van der Waals surface area contributed by atoms with Crippen molar-refractivity contribution in [3.8, 4) is 0 Å². The van der Waals surface area contributed by atoms with Crippen molar-refractivity contribution in [1.29, 1.82) is 0 Å². The van der Waals surface area contributed by atoms with E-state index in [0.717, 1.165) is 28.1 Å². The fraction of sp³-hybridized carbons (Fsp3) is 0.222. The average molecular weight is 388 g/mol. The lowest BCUT2D eigenvalue weighted by Crippen LogP contribution is -2.31. The highest BCUT2D eigenvalue weighted by molar-refractivity contribution is 7.18. The number of nitrogens with zero attached hydrogens (tertiary/aromatic N) is 3. The molecule has 6 nitrogen and oxygen atoms in total. The highest BCUT2D eigenvalue weighted by Gasteiger charge is 2.35. The Morgan fingerprint density at radius 1 is 1.31 bits per heavy atom. The van der Waals surface area contributed by atoms with Crippen LogP contribution in [0.5, 0.6) is 0 Å². The quantitative estimate of drug-likeness (QED) is 0.476. The number of para-hydroxylation sites is 1. The third kappa shape index (κ3) is 2.93. The summed E-state index contributed by atoms with van der Waals surface area (Å²) in [4.78, 5) is 30.1. The van der Waals surface area contributed by atoms with E-state index >= 15 is 0 Å². The Kier molecular flexibility index (Phi) is 4.34. The topological polar surface area (TPSA) is 76.3 Å². The maximum Gasteiger partial charge on any atom is 0.283 e. The second-order valence-electron chi connectivity index (χ2n) is 6.09. The van der Waals surface area contributed by atoms with Crippen molar-refractivity contribution in [3.63, 3.8) is 0 Å². The van der Waals surface area contributed by atoms with Gasteiger partial charge in [-0.1, -0.05) is 23.7 Å². The second-order valence-corrected chi connectivity index (χ2v) is 7.59. The number of rotatable bonds is 3. The smallest absolute Gasteiger partial charge is 0.283 e. The summed E-state index contributed by atoms with van der Waals surface area (Å²) in [5, 5.41) is 12.4. The van der Waals surface area contributed by atoms with Crippen molar-refractivity contribution in [2.24, 2.45) is 0 Å². The molecule has 1 saturated heterocycles. The summed E-state index contributed by atoms with van der Waals surface area (Å²) in [5.41, 5.74) is 0.703. The summed E-state index contributed by atoms with van der Waals surface area (Å²) in [5.74, 6) is -0.352. The van der Waals surface area contributed by atoms with Crippen LogP contribution in [0.4, 0.5) is 5.69 Å². The number of amides is 1. The zero-order valence-corrected chi connectivity index (χ0v) is 15.2. The van der Waals surface area contributed by atoms with Crippen molar-refractivity contribution in [1.82, 2.24) is 9.88 Å². The molecule has 132 valence electrons.